The fourth-order valence-electron chi connectivity index (χ4n) is 1.54. The first-order valence-electron chi connectivity index (χ1n) is 5.90. The van der Waals surface area contributed by atoms with Gasteiger partial charge in [0.15, 0.2) is 0 Å². The van der Waals surface area contributed by atoms with Gasteiger partial charge in [0.25, 0.3) is 0 Å². The second-order valence-electron chi connectivity index (χ2n) is 3.98. The van der Waals surface area contributed by atoms with E-state index in [1.807, 2.05) is 54.6 Å². The van der Waals surface area contributed by atoms with Crippen molar-refractivity contribution in [1.29, 1.82) is 0 Å². The third-order valence-corrected chi connectivity index (χ3v) is 3.83. The van der Waals surface area contributed by atoms with Crippen LogP contribution < -0.4 is 5.32 Å². The first-order valence-corrected chi connectivity index (χ1v) is 7.42. The summed E-state index contributed by atoms with van der Waals surface area (Å²) in [5.41, 5.74) is 1.84. The van der Waals surface area contributed by atoms with Gasteiger partial charge in [-0.25, -0.2) is 0 Å². The molecule has 1 N–H and O–H groups in total. The second-order valence-corrected chi connectivity index (χ2v) is 5.30. The zero-order chi connectivity index (χ0) is 13.5. The number of halogens is 1. The van der Waals surface area contributed by atoms with Crippen molar-refractivity contribution < 1.29 is 4.79 Å². The predicted octanol–water partition coefficient (Wildman–Crippen LogP) is 4.16. The first kappa shape index (κ1) is 14.0. The number of amides is 1. The van der Waals surface area contributed by atoms with Crippen molar-refractivity contribution in [2.75, 3.05) is 11.1 Å². The minimum atomic E-state index is -0.00697. The summed E-state index contributed by atoms with van der Waals surface area (Å²) >= 11 is 7.23. The molecule has 4 heteroatoms. The average molecular weight is 292 g/mol. The van der Waals surface area contributed by atoms with Crippen LogP contribution in [0.25, 0.3) is 0 Å². The molecule has 0 unspecified atom stereocenters. The van der Waals surface area contributed by atoms with Crippen molar-refractivity contribution in [2.45, 2.75) is 10.8 Å². The van der Waals surface area contributed by atoms with Crippen LogP contribution in [-0.2, 0) is 10.7 Å². The molecule has 0 fully saturated rings. The number of thioether (sulfide) groups is 1. The number of hydrogen-bond acceptors (Lipinski definition) is 2. The fraction of sp³-hybridized carbons (Fsp3) is 0.133. The smallest absolute Gasteiger partial charge is 0.234 e. The van der Waals surface area contributed by atoms with Crippen molar-refractivity contribution in [3.8, 4) is 0 Å². The van der Waals surface area contributed by atoms with Crippen molar-refractivity contribution >= 4 is 35.0 Å². The van der Waals surface area contributed by atoms with E-state index < -0.39 is 0 Å². The fourth-order valence-corrected chi connectivity index (χ4v) is 2.44. The number of anilines is 1. The van der Waals surface area contributed by atoms with Crippen molar-refractivity contribution in [1.82, 2.24) is 0 Å². The molecule has 0 heterocycles. The molecule has 19 heavy (non-hydrogen) atoms. The van der Waals surface area contributed by atoms with Crippen LogP contribution in [0.15, 0.2) is 59.5 Å². The molecule has 1 amide bonds. The number of carbonyl (C=O) groups excluding carboxylic acids is 1. The zero-order valence-electron chi connectivity index (χ0n) is 10.3. The average Bonchev–Trinajstić information content (AvgIpc) is 2.47. The van der Waals surface area contributed by atoms with E-state index in [9.17, 15) is 4.79 Å². The number of hydrogen-bond donors (Lipinski definition) is 1. The topological polar surface area (TPSA) is 29.1 Å². The largest absolute Gasteiger partial charge is 0.325 e. The highest BCUT2D eigenvalue weighted by molar-refractivity contribution is 8.00. The highest BCUT2D eigenvalue weighted by Gasteiger charge is 2.03. The Labute approximate surface area is 122 Å². The van der Waals surface area contributed by atoms with Gasteiger partial charge in [0.2, 0.25) is 5.91 Å². The maximum Gasteiger partial charge on any atom is 0.234 e. The molecule has 0 aromatic heterocycles. The van der Waals surface area contributed by atoms with Crippen LogP contribution in [0.3, 0.4) is 0 Å². The Morgan fingerprint density at radius 3 is 2.37 bits per heavy atom. The maximum absolute atomic E-state index is 11.8. The highest BCUT2D eigenvalue weighted by Crippen LogP contribution is 2.17. The van der Waals surface area contributed by atoms with E-state index in [2.05, 4.69) is 5.32 Å². The Kier molecular flexibility index (Phi) is 5.31. The van der Waals surface area contributed by atoms with Crippen molar-refractivity contribution in [2.24, 2.45) is 0 Å². The summed E-state index contributed by atoms with van der Waals surface area (Å²) in [6, 6.07) is 17.4. The van der Waals surface area contributed by atoms with Crippen molar-refractivity contribution in [3.63, 3.8) is 0 Å². The quantitative estimate of drug-likeness (QED) is 0.662. The lowest BCUT2D eigenvalue weighted by molar-refractivity contribution is -0.113. The van der Waals surface area contributed by atoms with Gasteiger partial charge in [0, 0.05) is 16.5 Å². The summed E-state index contributed by atoms with van der Waals surface area (Å²) in [5.74, 6) is 0.881. The van der Waals surface area contributed by atoms with Crippen LogP contribution in [-0.4, -0.2) is 11.7 Å². The monoisotopic (exact) mass is 291 g/mol. The van der Waals surface area contributed by atoms with Gasteiger partial charge in [-0.3, -0.25) is 4.79 Å². The molecule has 0 aliphatic heterocycles. The van der Waals surface area contributed by atoms with Crippen molar-refractivity contribution in [3.05, 3.63) is 60.2 Å². The molecule has 0 saturated heterocycles. The third kappa shape index (κ3) is 4.62. The number of alkyl halides is 1. The Hall–Kier alpha value is -1.45. The van der Waals surface area contributed by atoms with Crippen LogP contribution in [0.1, 0.15) is 5.56 Å². The normalized spacial score (nSPS) is 10.2. The standard InChI is InChI=1S/C15H14ClNOS/c16-10-12-6-8-13(9-7-12)17-15(18)11-19-14-4-2-1-3-5-14/h1-9H,10-11H2,(H,17,18). The maximum atomic E-state index is 11.8. The van der Waals surface area contributed by atoms with Crippen LogP contribution in [0.2, 0.25) is 0 Å². The third-order valence-electron chi connectivity index (χ3n) is 2.51. The molecule has 98 valence electrons. The van der Waals surface area contributed by atoms with E-state index in [0.29, 0.717) is 11.6 Å². The van der Waals surface area contributed by atoms with Gasteiger partial charge in [0.1, 0.15) is 0 Å². The summed E-state index contributed by atoms with van der Waals surface area (Å²) < 4.78 is 0. The molecule has 0 radical (unpaired) electrons. The Bertz CT molecular complexity index is 528. The Morgan fingerprint density at radius 2 is 1.74 bits per heavy atom. The number of nitrogens with one attached hydrogen (secondary N) is 1. The van der Waals surface area contributed by atoms with Crippen LogP contribution in [0, 0.1) is 0 Å². The second kappa shape index (κ2) is 7.22. The van der Waals surface area contributed by atoms with E-state index in [0.717, 1.165) is 16.1 Å². The Balaban J connectivity index is 1.83. The Morgan fingerprint density at radius 1 is 1.05 bits per heavy atom. The minimum Gasteiger partial charge on any atom is -0.325 e. The minimum absolute atomic E-state index is 0.00697. The van der Waals surface area contributed by atoms with Gasteiger partial charge in [-0.1, -0.05) is 30.3 Å². The molecule has 0 aliphatic rings. The zero-order valence-corrected chi connectivity index (χ0v) is 11.9. The van der Waals surface area contributed by atoms with Crippen LogP contribution in [0.4, 0.5) is 5.69 Å². The molecule has 0 bridgehead atoms. The molecule has 2 aromatic carbocycles. The summed E-state index contributed by atoms with van der Waals surface area (Å²) in [6.45, 7) is 0. The van der Waals surface area contributed by atoms with Crippen LogP contribution in [0.5, 0.6) is 0 Å². The van der Waals surface area contributed by atoms with E-state index >= 15 is 0 Å². The predicted molar refractivity (Wildman–Crippen MR) is 81.8 cm³/mol. The molecule has 0 saturated carbocycles. The molecule has 0 spiro atoms. The SMILES string of the molecule is O=C(CSc1ccccc1)Nc1ccc(CCl)cc1. The number of rotatable bonds is 5. The summed E-state index contributed by atoms with van der Waals surface area (Å²) in [7, 11) is 0. The first-order chi connectivity index (χ1) is 9.28. The molecule has 0 aliphatic carbocycles. The van der Waals surface area contributed by atoms with Gasteiger partial charge in [0.05, 0.1) is 5.75 Å². The molecular weight excluding hydrogens is 278 g/mol. The summed E-state index contributed by atoms with van der Waals surface area (Å²) in [5, 5.41) is 2.86. The lowest BCUT2D eigenvalue weighted by Crippen LogP contribution is -2.13. The number of benzene rings is 2. The van der Waals surface area contributed by atoms with E-state index in [-0.39, 0.29) is 5.91 Å². The molecular formula is C15H14ClNOS. The highest BCUT2D eigenvalue weighted by atomic mass is 35.5. The van der Waals surface area contributed by atoms with Gasteiger partial charge in [-0.2, -0.15) is 0 Å². The van der Waals surface area contributed by atoms with Crippen LogP contribution >= 0.6 is 23.4 Å². The van der Waals surface area contributed by atoms with Gasteiger partial charge < -0.3 is 5.32 Å². The lowest BCUT2D eigenvalue weighted by atomic mass is 10.2. The van der Waals surface area contributed by atoms with Gasteiger partial charge in [-0.05, 0) is 29.8 Å². The molecule has 0 atom stereocenters. The molecule has 2 rings (SSSR count). The molecule has 2 aromatic rings. The van der Waals surface area contributed by atoms with Gasteiger partial charge in [-0.15, -0.1) is 23.4 Å². The van der Waals surface area contributed by atoms with E-state index in [1.54, 1.807) is 0 Å². The van der Waals surface area contributed by atoms with Gasteiger partial charge >= 0.3 is 0 Å². The van der Waals surface area contributed by atoms with E-state index in [4.69, 9.17) is 11.6 Å². The number of carbonyl (C=O) groups is 1. The molecule has 2 nitrogen and oxygen atoms in total. The summed E-state index contributed by atoms with van der Waals surface area (Å²) in [4.78, 5) is 12.9. The summed E-state index contributed by atoms with van der Waals surface area (Å²) in [6.07, 6.45) is 0. The van der Waals surface area contributed by atoms with E-state index in [1.165, 1.54) is 11.8 Å². The lowest BCUT2D eigenvalue weighted by Gasteiger charge is -2.05.